The first kappa shape index (κ1) is 9.00. The first-order valence-corrected chi connectivity index (χ1v) is 5.71. The van der Waals surface area contributed by atoms with Crippen molar-refractivity contribution in [1.82, 2.24) is 0 Å². The molecule has 1 saturated carbocycles. The fourth-order valence-electron chi connectivity index (χ4n) is 1.77. The molecule has 0 heterocycles. The molecule has 0 aliphatic heterocycles. The van der Waals surface area contributed by atoms with Gasteiger partial charge in [-0.2, -0.15) is 0 Å². The molecule has 3 nitrogen and oxygen atoms in total. The van der Waals surface area contributed by atoms with Crippen LogP contribution in [-0.4, -0.2) is 14.2 Å². The fraction of sp³-hybridized carbons (Fsp3) is 1.00. The smallest absolute Gasteiger partial charge is 0.209 e. The van der Waals surface area contributed by atoms with Gasteiger partial charge in [-0.25, -0.2) is 13.6 Å². The van der Waals surface area contributed by atoms with E-state index in [0.29, 0.717) is 11.8 Å². The Bertz CT molecular complexity index is 223. The van der Waals surface area contributed by atoms with Crippen LogP contribution in [0.15, 0.2) is 0 Å². The van der Waals surface area contributed by atoms with E-state index in [1.807, 2.05) is 0 Å². The van der Waals surface area contributed by atoms with Gasteiger partial charge in [0.2, 0.25) is 10.0 Å². The molecule has 11 heavy (non-hydrogen) atoms. The van der Waals surface area contributed by atoms with E-state index in [4.69, 9.17) is 5.14 Å². The van der Waals surface area contributed by atoms with Crippen molar-refractivity contribution in [1.29, 1.82) is 0 Å². The van der Waals surface area contributed by atoms with Gasteiger partial charge in [-0.15, -0.1) is 0 Å². The van der Waals surface area contributed by atoms with Gasteiger partial charge >= 0.3 is 0 Å². The Morgan fingerprint density at radius 2 is 2.09 bits per heavy atom. The van der Waals surface area contributed by atoms with E-state index in [-0.39, 0.29) is 5.75 Å². The Kier molecular flexibility index (Phi) is 2.54. The van der Waals surface area contributed by atoms with Gasteiger partial charge in [-0.3, -0.25) is 0 Å². The molecule has 2 N–H and O–H groups in total. The van der Waals surface area contributed by atoms with E-state index in [1.54, 1.807) is 0 Å². The lowest BCUT2D eigenvalue weighted by molar-refractivity contribution is 0.453. The van der Waals surface area contributed by atoms with Gasteiger partial charge in [0.15, 0.2) is 0 Å². The summed E-state index contributed by atoms with van der Waals surface area (Å²) in [7, 11) is -3.24. The molecule has 0 amide bonds. The molecule has 0 bridgehead atoms. The lowest BCUT2D eigenvalue weighted by atomic mass is 10.0. The summed E-state index contributed by atoms with van der Waals surface area (Å²) in [6.45, 7) is 2.10. The zero-order chi connectivity index (χ0) is 8.48. The van der Waals surface area contributed by atoms with Crippen LogP contribution in [0.3, 0.4) is 0 Å². The van der Waals surface area contributed by atoms with Crippen molar-refractivity contribution >= 4 is 10.0 Å². The molecule has 0 aromatic rings. The van der Waals surface area contributed by atoms with Crippen LogP contribution in [-0.2, 0) is 10.0 Å². The normalized spacial score (nSPS) is 32.5. The van der Waals surface area contributed by atoms with Crippen LogP contribution < -0.4 is 5.14 Å². The Morgan fingerprint density at radius 1 is 1.45 bits per heavy atom. The number of primary sulfonamides is 1. The quantitative estimate of drug-likeness (QED) is 0.675. The van der Waals surface area contributed by atoms with Gasteiger partial charge in [0, 0.05) is 0 Å². The van der Waals surface area contributed by atoms with Crippen LogP contribution in [0.25, 0.3) is 0 Å². The third-order valence-electron chi connectivity index (χ3n) is 2.49. The summed E-state index contributed by atoms with van der Waals surface area (Å²) >= 11 is 0. The van der Waals surface area contributed by atoms with Crippen molar-refractivity contribution < 1.29 is 8.42 Å². The van der Waals surface area contributed by atoms with Crippen molar-refractivity contribution in [3.8, 4) is 0 Å². The van der Waals surface area contributed by atoms with Gasteiger partial charge in [0.1, 0.15) is 0 Å². The van der Waals surface area contributed by atoms with Crippen LogP contribution in [0.1, 0.15) is 26.2 Å². The van der Waals surface area contributed by atoms with E-state index >= 15 is 0 Å². The van der Waals surface area contributed by atoms with Crippen LogP contribution in [0.5, 0.6) is 0 Å². The Labute approximate surface area is 68.0 Å². The van der Waals surface area contributed by atoms with Crippen LogP contribution >= 0.6 is 0 Å². The third kappa shape index (κ3) is 2.79. The molecule has 0 aromatic heterocycles. The molecule has 0 unspecified atom stereocenters. The van der Waals surface area contributed by atoms with E-state index < -0.39 is 10.0 Å². The number of rotatable bonds is 2. The molecule has 0 spiro atoms. The van der Waals surface area contributed by atoms with E-state index in [9.17, 15) is 8.42 Å². The molecular formula is C7H15NO2S. The molecule has 66 valence electrons. The van der Waals surface area contributed by atoms with Crippen molar-refractivity contribution in [2.45, 2.75) is 26.2 Å². The number of hydrogen-bond acceptors (Lipinski definition) is 2. The minimum atomic E-state index is -3.24. The van der Waals surface area contributed by atoms with Crippen LogP contribution in [0, 0.1) is 11.8 Å². The SMILES string of the molecule is C[C@@H]1CCC[C@H]1CS(N)(=O)=O. The van der Waals surface area contributed by atoms with Gasteiger partial charge in [-0.1, -0.05) is 19.8 Å². The summed E-state index contributed by atoms with van der Waals surface area (Å²) in [5.41, 5.74) is 0. The highest BCUT2D eigenvalue weighted by Crippen LogP contribution is 2.31. The second-order valence-electron chi connectivity index (χ2n) is 3.50. The summed E-state index contributed by atoms with van der Waals surface area (Å²) in [6, 6.07) is 0. The van der Waals surface area contributed by atoms with Crippen molar-refractivity contribution in [2.24, 2.45) is 17.0 Å². The zero-order valence-corrected chi connectivity index (χ0v) is 7.60. The van der Waals surface area contributed by atoms with E-state index in [0.717, 1.165) is 19.3 Å². The van der Waals surface area contributed by atoms with Gasteiger partial charge in [-0.05, 0) is 18.3 Å². The highest BCUT2D eigenvalue weighted by molar-refractivity contribution is 7.89. The Balaban J connectivity index is 2.50. The Morgan fingerprint density at radius 3 is 2.45 bits per heavy atom. The lowest BCUT2D eigenvalue weighted by Gasteiger charge is -2.12. The topological polar surface area (TPSA) is 60.2 Å². The zero-order valence-electron chi connectivity index (χ0n) is 6.79. The van der Waals surface area contributed by atoms with Gasteiger partial charge < -0.3 is 0 Å². The molecule has 4 heteroatoms. The predicted octanol–water partition coefficient (Wildman–Crippen LogP) is 0.711. The maximum Gasteiger partial charge on any atom is 0.209 e. The third-order valence-corrected chi connectivity index (χ3v) is 3.38. The predicted molar refractivity (Wildman–Crippen MR) is 44.5 cm³/mol. The van der Waals surface area contributed by atoms with Crippen molar-refractivity contribution in [3.63, 3.8) is 0 Å². The van der Waals surface area contributed by atoms with Crippen LogP contribution in [0.4, 0.5) is 0 Å². The summed E-state index contributed by atoms with van der Waals surface area (Å²) < 4.78 is 21.4. The van der Waals surface area contributed by atoms with Crippen LogP contribution in [0.2, 0.25) is 0 Å². The molecule has 1 aliphatic carbocycles. The lowest BCUT2D eigenvalue weighted by Crippen LogP contribution is -2.24. The summed E-state index contributed by atoms with van der Waals surface area (Å²) in [6.07, 6.45) is 3.33. The minimum Gasteiger partial charge on any atom is -0.229 e. The molecule has 1 rings (SSSR count). The number of sulfonamides is 1. The van der Waals surface area contributed by atoms with Crippen molar-refractivity contribution in [3.05, 3.63) is 0 Å². The average Bonchev–Trinajstić information content (AvgIpc) is 2.12. The Hall–Kier alpha value is -0.0900. The molecule has 1 aliphatic rings. The standard InChI is InChI=1S/C7H15NO2S/c1-6-3-2-4-7(6)5-11(8,9)10/h6-7H,2-5H2,1H3,(H2,8,9,10)/t6-,7+/m1/s1. The first-order chi connectivity index (χ1) is 4.99. The largest absolute Gasteiger partial charge is 0.229 e. The van der Waals surface area contributed by atoms with E-state index in [1.165, 1.54) is 0 Å². The molecular weight excluding hydrogens is 162 g/mol. The first-order valence-electron chi connectivity index (χ1n) is 3.99. The van der Waals surface area contributed by atoms with Gasteiger partial charge in [0.25, 0.3) is 0 Å². The van der Waals surface area contributed by atoms with E-state index in [2.05, 4.69) is 6.92 Å². The second kappa shape index (κ2) is 3.11. The fourth-order valence-corrected chi connectivity index (χ4v) is 2.86. The molecule has 0 aromatic carbocycles. The molecule has 1 fully saturated rings. The average molecular weight is 177 g/mol. The summed E-state index contributed by atoms with van der Waals surface area (Å²) in [5.74, 6) is 1.02. The highest BCUT2D eigenvalue weighted by atomic mass is 32.2. The molecule has 0 radical (unpaired) electrons. The number of nitrogens with two attached hydrogens (primary N) is 1. The summed E-state index contributed by atoms with van der Waals surface area (Å²) in [5, 5.41) is 4.95. The minimum absolute atomic E-state index is 0.175. The molecule has 2 atom stereocenters. The monoisotopic (exact) mass is 177 g/mol. The highest BCUT2D eigenvalue weighted by Gasteiger charge is 2.26. The second-order valence-corrected chi connectivity index (χ2v) is 5.16. The molecule has 0 saturated heterocycles. The maximum atomic E-state index is 10.7. The summed E-state index contributed by atoms with van der Waals surface area (Å²) in [4.78, 5) is 0. The number of hydrogen-bond donors (Lipinski definition) is 1. The van der Waals surface area contributed by atoms with Gasteiger partial charge in [0.05, 0.1) is 5.75 Å². The van der Waals surface area contributed by atoms with Crippen molar-refractivity contribution in [2.75, 3.05) is 5.75 Å². The maximum absolute atomic E-state index is 10.7.